The second kappa shape index (κ2) is 15.0. The van der Waals surface area contributed by atoms with E-state index in [1.54, 1.807) is 54.6 Å². The first-order chi connectivity index (χ1) is 21.5. The molecule has 2 atom stereocenters. The molecule has 9 heteroatoms. The SMILES string of the molecule is CC[C@H](C)NC(=O)[C@H](Cc1ccccc1)N(Cc1ccccc1F)C(=O)CN(c1ccc(C)cc1)S(=O)(=O)c1ccc(C)cc1. The monoisotopic (exact) mass is 629 g/mol. The Bertz CT molecular complexity index is 1690. The quantitative estimate of drug-likeness (QED) is 0.191. The lowest BCUT2D eigenvalue weighted by Gasteiger charge is -2.34. The minimum atomic E-state index is -4.21. The highest BCUT2D eigenvalue weighted by Crippen LogP contribution is 2.26. The van der Waals surface area contributed by atoms with Crippen molar-refractivity contribution in [2.45, 2.75) is 64.1 Å². The summed E-state index contributed by atoms with van der Waals surface area (Å²) < 4.78 is 44.3. The van der Waals surface area contributed by atoms with Crippen molar-refractivity contribution in [3.8, 4) is 0 Å². The number of halogens is 1. The lowest BCUT2D eigenvalue weighted by molar-refractivity contribution is -0.140. The van der Waals surface area contributed by atoms with Crippen LogP contribution < -0.4 is 9.62 Å². The van der Waals surface area contributed by atoms with Gasteiger partial charge in [0, 0.05) is 24.6 Å². The van der Waals surface area contributed by atoms with Gasteiger partial charge in [-0.3, -0.25) is 13.9 Å². The van der Waals surface area contributed by atoms with Crippen LogP contribution in [0.3, 0.4) is 0 Å². The van der Waals surface area contributed by atoms with Crippen molar-refractivity contribution in [2.75, 3.05) is 10.8 Å². The van der Waals surface area contributed by atoms with Crippen LogP contribution in [-0.2, 0) is 32.6 Å². The molecule has 2 amide bonds. The number of hydrogen-bond donors (Lipinski definition) is 1. The number of nitrogens with one attached hydrogen (secondary N) is 1. The van der Waals surface area contributed by atoms with E-state index < -0.39 is 40.2 Å². The van der Waals surface area contributed by atoms with Gasteiger partial charge in [0.15, 0.2) is 0 Å². The lowest BCUT2D eigenvalue weighted by Crippen LogP contribution is -2.54. The van der Waals surface area contributed by atoms with Gasteiger partial charge in [0.1, 0.15) is 18.4 Å². The molecular weight excluding hydrogens is 589 g/mol. The van der Waals surface area contributed by atoms with Crippen LogP contribution in [-0.4, -0.2) is 43.8 Å². The van der Waals surface area contributed by atoms with E-state index in [4.69, 9.17) is 0 Å². The maximum atomic E-state index is 15.0. The second-order valence-corrected chi connectivity index (χ2v) is 13.2. The Morgan fingerprint density at radius 2 is 1.40 bits per heavy atom. The van der Waals surface area contributed by atoms with Crippen molar-refractivity contribution < 1.29 is 22.4 Å². The van der Waals surface area contributed by atoms with Gasteiger partial charge in [0.2, 0.25) is 11.8 Å². The number of rotatable bonds is 13. The highest BCUT2D eigenvalue weighted by atomic mass is 32.2. The van der Waals surface area contributed by atoms with Gasteiger partial charge in [-0.05, 0) is 63.1 Å². The average Bonchev–Trinajstić information content (AvgIpc) is 3.03. The second-order valence-electron chi connectivity index (χ2n) is 11.3. The van der Waals surface area contributed by atoms with Crippen molar-refractivity contribution in [1.29, 1.82) is 0 Å². The molecule has 0 spiro atoms. The predicted octanol–water partition coefficient (Wildman–Crippen LogP) is 6.19. The van der Waals surface area contributed by atoms with E-state index in [0.29, 0.717) is 12.1 Å². The molecule has 0 heterocycles. The third kappa shape index (κ3) is 8.57. The number of sulfonamides is 1. The van der Waals surface area contributed by atoms with Crippen LogP contribution in [0.15, 0.2) is 108 Å². The summed E-state index contributed by atoms with van der Waals surface area (Å²) >= 11 is 0. The van der Waals surface area contributed by atoms with E-state index in [2.05, 4.69) is 5.32 Å². The number of hydrogen-bond acceptors (Lipinski definition) is 4. The highest BCUT2D eigenvalue weighted by Gasteiger charge is 2.35. The van der Waals surface area contributed by atoms with E-state index in [0.717, 1.165) is 21.0 Å². The number of benzene rings is 4. The van der Waals surface area contributed by atoms with Gasteiger partial charge in [-0.1, -0.05) is 90.8 Å². The van der Waals surface area contributed by atoms with E-state index in [9.17, 15) is 18.0 Å². The molecule has 0 radical (unpaired) electrons. The number of carbonyl (C=O) groups is 2. The van der Waals surface area contributed by atoms with Gasteiger partial charge in [0.05, 0.1) is 10.6 Å². The molecule has 1 N–H and O–H groups in total. The Balaban J connectivity index is 1.81. The van der Waals surface area contributed by atoms with Gasteiger partial charge in [-0.2, -0.15) is 0 Å². The van der Waals surface area contributed by atoms with Crippen LogP contribution in [0.2, 0.25) is 0 Å². The van der Waals surface area contributed by atoms with Gasteiger partial charge < -0.3 is 10.2 Å². The van der Waals surface area contributed by atoms with Crippen LogP contribution in [0.25, 0.3) is 0 Å². The standard InChI is InChI=1S/C36H40FN3O4S/c1-5-28(4)38-36(42)34(23-29-11-7-6-8-12-29)39(24-30-13-9-10-14-33(30)37)35(41)25-40(31-19-15-26(2)16-20-31)45(43,44)32-21-17-27(3)18-22-32/h6-22,28,34H,5,23-25H2,1-4H3,(H,38,42)/t28-,34-/m0/s1. The molecule has 0 aliphatic rings. The van der Waals surface area contributed by atoms with Crippen molar-refractivity contribution >= 4 is 27.5 Å². The molecule has 0 aliphatic heterocycles. The Morgan fingerprint density at radius 3 is 2.00 bits per heavy atom. The average molecular weight is 630 g/mol. The first-order valence-corrected chi connectivity index (χ1v) is 16.5. The third-order valence-corrected chi connectivity index (χ3v) is 9.57. The maximum absolute atomic E-state index is 15.0. The number of aryl methyl sites for hydroxylation is 2. The van der Waals surface area contributed by atoms with Crippen LogP contribution >= 0.6 is 0 Å². The minimum absolute atomic E-state index is 0.0254. The Morgan fingerprint density at radius 1 is 0.822 bits per heavy atom. The molecule has 4 rings (SSSR count). The van der Waals surface area contributed by atoms with Crippen LogP contribution in [0.5, 0.6) is 0 Å². The third-order valence-electron chi connectivity index (χ3n) is 7.78. The summed E-state index contributed by atoms with van der Waals surface area (Å²) in [5, 5.41) is 2.98. The minimum Gasteiger partial charge on any atom is -0.352 e. The first kappa shape index (κ1) is 33.4. The molecule has 0 bridgehead atoms. The normalized spacial score (nSPS) is 12.6. The van der Waals surface area contributed by atoms with Crippen molar-refractivity contribution in [2.24, 2.45) is 0 Å². The topological polar surface area (TPSA) is 86.8 Å². The van der Waals surface area contributed by atoms with Crippen LogP contribution in [0.4, 0.5) is 10.1 Å². The van der Waals surface area contributed by atoms with Gasteiger partial charge in [-0.25, -0.2) is 12.8 Å². The number of carbonyl (C=O) groups excluding carboxylic acids is 2. The van der Waals surface area contributed by atoms with Gasteiger partial charge >= 0.3 is 0 Å². The number of anilines is 1. The van der Waals surface area contributed by atoms with Crippen molar-refractivity contribution in [1.82, 2.24) is 10.2 Å². The molecule has 236 valence electrons. The summed E-state index contributed by atoms with van der Waals surface area (Å²) in [5.74, 6) is -1.57. The summed E-state index contributed by atoms with van der Waals surface area (Å²) in [5.41, 5.74) is 3.12. The zero-order valence-corrected chi connectivity index (χ0v) is 26.9. The first-order valence-electron chi connectivity index (χ1n) is 15.0. The van der Waals surface area contributed by atoms with Crippen LogP contribution in [0.1, 0.15) is 42.5 Å². The van der Waals surface area contributed by atoms with E-state index in [1.807, 2.05) is 58.0 Å². The molecule has 0 fully saturated rings. The summed E-state index contributed by atoms with van der Waals surface area (Å²) in [4.78, 5) is 29.6. The van der Waals surface area contributed by atoms with Gasteiger partial charge in [0.25, 0.3) is 10.0 Å². The fourth-order valence-electron chi connectivity index (χ4n) is 4.88. The molecule has 0 unspecified atom stereocenters. The number of amides is 2. The van der Waals surface area contributed by atoms with Gasteiger partial charge in [-0.15, -0.1) is 0 Å². The Labute approximate surface area is 265 Å². The van der Waals surface area contributed by atoms with E-state index in [-0.39, 0.29) is 29.5 Å². The fourth-order valence-corrected chi connectivity index (χ4v) is 6.30. The summed E-state index contributed by atoms with van der Waals surface area (Å²) in [7, 11) is -4.21. The molecule has 0 saturated carbocycles. The molecule has 7 nitrogen and oxygen atoms in total. The zero-order valence-electron chi connectivity index (χ0n) is 26.1. The smallest absolute Gasteiger partial charge is 0.264 e. The molecule has 0 saturated heterocycles. The van der Waals surface area contributed by atoms with Crippen LogP contribution in [0, 0.1) is 19.7 Å². The highest BCUT2D eigenvalue weighted by molar-refractivity contribution is 7.92. The molecule has 4 aromatic carbocycles. The lowest BCUT2D eigenvalue weighted by atomic mass is 10.0. The summed E-state index contributed by atoms with van der Waals surface area (Å²) in [6, 6.07) is 27.3. The molecule has 4 aromatic rings. The van der Waals surface area contributed by atoms with E-state index in [1.165, 1.54) is 23.1 Å². The molecule has 0 aliphatic carbocycles. The largest absolute Gasteiger partial charge is 0.352 e. The summed E-state index contributed by atoms with van der Waals surface area (Å²) in [6.07, 6.45) is 0.819. The summed E-state index contributed by atoms with van der Waals surface area (Å²) in [6.45, 7) is 6.71. The molecular formula is C36H40FN3O4S. The fraction of sp³-hybridized carbons (Fsp3) is 0.278. The predicted molar refractivity (Wildman–Crippen MR) is 176 cm³/mol. The molecule has 0 aromatic heterocycles. The maximum Gasteiger partial charge on any atom is 0.264 e. The van der Waals surface area contributed by atoms with Crippen molar-refractivity contribution in [3.05, 3.63) is 131 Å². The van der Waals surface area contributed by atoms with E-state index >= 15 is 4.39 Å². The Hall–Kier alpha value is -4.50. The van der Waals surface area contributed by atoms with Crippen molar-refractivity contribution in [3.63, 3.8) is 0 Å². The number of nitrogens with zero attached hydrogens (tertiary/aromatic N) is 2. The molecule has 45 heavy (non-hydrogen) atoms. The zero-order chi connectivity index (χ0) is 32.6. The Kier molecular flexibility index (Phi) is 11.1.